The Kier molecular flexibility index (Phi) is 7.17. The summed E-state index contributed by atoms with van der Waals surface area (Å²) in [5, 5.41) is 11.8. The highest BCUT2D eigenvalue weighted by Gasteiger charge is 2.38. The van der Waals surface area contributed by atoms with Crippen molar-refractivity contribution >= 4 is 22.6 Å². The molecule has 166 valence electrons. The summed E-state index contributed by atoms with van der Waals surface area (Å²) in [4.78, 5) is 14.6. The van der Waals surface area contributed by atoms with Crippen molar-refractivity contribution in [1.29, 1.82) is 0 Å². The molecule has 0 amide bonds. The van der Waals surface area contributed by atoms with Gasteiger partial charge in [-0.15, -0.1) is 0 Å². The Labute approximate surface area is 176 Å². The van der Waals surface area contributed by atoms with E-state index < -0.39 is 12.1 Å². The number of piperidine rings is 1. The molecule has 1 fully saturated rings. The average Bonchev–Trinajstić information content (AvgIpc) is 3.21. The quantitative estimate of drug-likeness (QED) is 0.518. The minimum absolute atomic E-state index is 0.180. The summed E-state index contributed by atoms with van der Waals surface area (Å²) in [6, 6.07) is 16.1. The number of fused-ring (bicyclic) bond motifs is 1. The van der Waals surface area contributed by atoms with Gasteiger partial charge in [-0.05, 0) is 67.9 Å². The fraction of sp³-hybridized carbons (Fsp3) is 0.318. The highest BCUT2D eigenvalue weighted by molar-refractivity contribution is 5.83. The van der Waals surface area contributed by atoms with E-state index in [1.807, 2.05) is 18.3 Å². The Bertz CT molecular complexity index is 996. The van der Waals surface area contributed by atoms with Crippen LogP contribution in [-0.2, 0) is 11.3 Å². The van der Waals surface area contributed by atoms with Crippen molar-refractivity contribution in [3.05, 3.63) is 66.1 Å². The van der Waals surface area contributed by atoms with Crippen LogP contribution in [-0.4, -0.2) is 41.4 Å². The summed E-state index contributed by atoms with van der Waals surface area (Å²) >= 11 is 0. The van der Waals surface area contributed by atoms with Crippen molar-refractivity contribution in [2.24, 2.45) is 0 Å². The largest absolute Gasteiger partial charge is 0.490 e. The smallest absolute Gasteiger partial charge is 0.475 e. The van der Waals surface area contributed by atoms with E-state index in [0.717, 1.165) is 43.6 Å². The highest BCUT2D eigenvalue weighted by Crippen LogP contribution is 2.27. The zero-order chi connectivity index (χ0) is 22.4. The van der Waals surface area contributed by atoms with Crippen LogP contribution in [0.1, 0.15) is 18.4 Å². The van der Waals surface area contributed by atoms with Crippen LogP contribution >= 0.6 is 0 Å². The third kappa shape index (κ3) is 6.21. The lowest BCUT2D eigenvalue weighted by atomic mass is 10.0. The van der Waals surface area contributed by atoms with E-state index in [1.165, 1.54) is 11.1 Å². The second-order valence-corrected chi connectivity index (χ2v) is 7.29. The van der Waals surface area contributed by atoms with Gasteiger partial charge in [0.25, 0.3) is 0 Å². The van der Waals surface area contributed by atoms with Gasteiger partial charge in [0.2, 0.25) is 0 Å². The van der Waals surface area contributed by atoms with Gasteiger partial charge in [-0.3, -0.25) is 0 Å². The number of aromatic amines is 1. The molecule has 0 aliphatic carbocycles. The molecule has 0 radical (unpaired) electrons. The number of rotatable bonds is 4. The van der Waals surface area contributed by atoms with Crippen LogP contribution in [0, 0.1) is 5.82 Å². The number of alkyl halides is 3. The second-order valence-electron chi connectivity index (χ2n) is 7.29. The fourth-order valence-electron chi connectivity index (χ4n) is 3.56. The lowest BCUT2D eigenvalue weighted by Gasteiger charge is -2.36. The first-order valence-corrected chi connectivity index (χ1v) is 9.83. The van der Waals surface area contributed by atoms with Crippen LogP contribution in [0.3, 0.4) is 0 Å². The molecule has 4 rings (SSSR count). The predicted octanol–water partition coefficient (Wildman–Crippen LogP) is 4.70. The van der Waals surface area contributed by atoms with Crippen LogP contribution in [0.4, 0.5) is 23.2 Å². The Hall–Kier alpha value is -3.07. The molecule has 2 aromatic carbocycles. The maximum Gasteiger partial charge on any atom is 0.490 e. The van der Waals surface area contributed by atoms with Crippen molar-refractivity contribution in [2.75, 3.05) is 18.0 Å². The number of anilines is 1. The number of carboxylic acids is 1. The van der Waals surface area contributed by atoms with Gasteiger partial charge < -0.3 is 20.3 Å². The molecule has 3 aromatic rings. The molecule has 1 aromatic heterocycles. The number of aromatic nitrogens is 1. The molecule has 1 aliphatic rings. The van der Waals surface area contributed by atoms with Crippen molar-refractivity contribution in [1.82, 2.24) is 10.3 Å². The number of nitrogens with one attached hydrogen (secondary N) is 2. The van der Waals surface area contributed by atoms with E-state index >= 15 is 0 Å². The third-order valence-electron chi connectivity index (χ3n) is 5.13. The van der Waals surface area contributed by atoms with Gasteiger partial charge in [0.15, 0.2) is 0 Å². The van der Waals surface area contributed by atoms with Crippen molar-refractivity contribution < 1.29 is 27.5 Å². The van der Waals surface area contributed by atoms with E-state index in [-0.39, 0.29) is 5.82 Å². The normalized spacial score (nSPS) is 14.7. The van der Waals surface area contributed by atoms with Crippen LogP contribution in [0.2, 0.25) is 0 Å². The lowest BCUT2D eigenvalue weighted by Crippen LogP contribution is -2.43. The molecule has 0 spiro atoms. The Morgan fingerprint density at radius 3 is 2.32 bits per heavy atom. The molecular weight excluding hydrogens is 414 g/mol. The molecule has 1 aliphatic heterocycles. The highest BCUT2D eigenvalue weighted by atomic mass is 19.4. The van der Waals surface area contributed by atoms with Crippen LogP contribution in [0.5, 0.6) is 0 Å². The number of halogens is 4. The lowest BCUT2D eigenvalue weighted by molar-refractivity contribution is -0.192. The van der Waals surface area contributed by atoms with E-state index in [9.17, 15) is 17.6 Å². The van der Waals surface area contributed by atoms with E-state index in [1.54, 1.807) is 12.1 Å². The predicted molar refractivity (Wildman–Crippen MR) is 110 cm³/mol. The molecule has 0 atom stereocenters. The Balaban J connectivity index is 0.000000339. The first-order chi connectivity index (χ1) is 14.7. The molecule has 0 unspecified atom stereocenters. The first-order valence-electron chi connectivity index (χ1n) is 9.83. The number of hydrogen-bond acceptors (Lipinski definition) is 3. The minimum atomic E-state index is -5.08. The summed E-state index contributed by atoms with van der Waals surface area (Å²) in [6.07, 6.45) is -0.845. The molecule has 9 heteroatoms. The van der Waals surface area contributed by atoms with Crippen LogP contribution < -0.4 is 10.2 Å². The van der Waals surface area contributed by atoms with Crippen molar-refractivity contribution in [3.63, 3.8) is 0 Å². The van der Waals surface area contributed by atoms with Gasteiger partial charge in [-0.1, -0.05) is 12.1 Å². The van der Waals surface area contributed by atoms with Gasteiger partial charge in [-0.2, -0.15) is 13.2 Å². The number of benzene rings is 2. The average molecular weight is 437 g/mol. The fourth-order valence-corrected chi connectivity index (χ4v) is 3.56. The van der Waals surface area contributed by atoms with Gasteiger partial charge in [0.05, 0.1) is 0 Å². The van der Waals surface area contributed by atoms with E-state index in [4.69, 9.17) is 9.90 Å². The summed E-state index contributed by atoms with van der Waals surface area (Å²) in [7, 11) is 0. The maximum absolute atomic E-state index is 13.2. The van der Waals surface area contributed by atoms with Crippen LogP contribution in [0.25, 0.3) is 10.9 Å². The molecule has 0 bridgehead atoms. The third-order valence-corrected chi connectivity index (χ3v) is 5.13. The zero-order valence-corrected chi connectivity index (χ0v) is 16.6. The Morgan fingerprint density at radius 1 is 1.06 bits per heavy atom. The van der Waals surface area contributed by atoms with Crippen LogP contribution in [0.15, 0.2) is 54.7 Å². The van der Waals surface area contributed by atoms with E-state index in [2.05, 4.69) is 39.5 Å². The first kappa shape index (κ1) is 22.6. The topological polar surface area (TPSA) is 68.4 Å². The number of nitrogens with zero attached hydrogens (tertiary/aromatic N) is 1. The summed E-state index contributed by atoms with van der Waals surface area (Å²) in [5.41, 5.74) is 3.54. The maximum atomic E-state index is 13.2. The number of hydrogen-bond donors (Lipinski definition) is 3. The van der Waals surface area contributed by atoms with Gasteiger partial charge in [0.1, 0.15) is 5.82 Å². The van der Waals surface area contributed by atoms with Gasteiger partial charge >= 0.3 is 12.1 Å². The zero-order valence-electron chi connectivity index (χ0n) is 16.6. The van der Waals surface area contributed by atoms with Crippen molar-refractivity contribution in [2.45, 2.75) is 31.6 Å². The second kappa shape index (κ2) is 9.82. The standard InChI is InChI=1S/C20H22FN3.C2HF3O2/c21-17-3-1-15(2-4-17)14-24(18-8-10-22-11-9-18)19-5-6-20-16(13-19)7-12-23-20;3-2(4,5)1(6)7/h1-7,12-13,18,22-23H,8-11,14H2;(H,6,7). The molecule has 2 heterocycles. The SMILES string of the molecule is Fc1ccc(CN(c2ccc3[nH]ccc3c2)C2CCNCC2)cc1.O=C(O)C(F)(F)F. The molecule has 0 saturated carbocycles. The van der Waals surface area contributed by atoms with E-state index in [0.29, 0.717) is 6.04 Å². The van der Waals surface area contributed by atoms with Gasteiger partial charge in [-0.25, -0.2) is 9.18 Å². The number of carbonyl (C=O) groups is 1. The summed E-state index contributed by atoms with van der Waals surface area (Å²) < 4.78 is 45.0. The number of H-pyrrole nitrogens is 1. The minimum Gasteiger partial charge on any atom is -0.475 e. The molecular formula is C22H23F4N3O2. The molecule has 5 nitrogen and oxygen atoms in total. The summed E-state index contributed by atoms with van der Waals surface area (Å²) in [6.45, 7) is 2.91. The molecule has 3 N–H and O–H groups in total. The summed E-state index contributed by atoms with van der Waals surface area (Å²) in [5.74, 6) is -2.94. The van der Waals surface area contributed by atoms with Gasteiger partial charge in [0, 0.05) is 35.4 Å². The molecule has 31 heavy (non-hydrogen) atoms. The van der Waals surface area contributed by atoms with Crippen molar-refractivity contribution in [3.8, 4) is 0 Å². The number of aliphatic carboxylic acids is 1. The molecule has 1 saturated heterocycles. The Morgan fingerprint density at radius 2 is 1.71 bits per heavy atom. The number of carboxylic acid groups (broad SMARTS) is 1. The monoisotopic (exact) mass is 437 g/mol.